The highest BCUT2D eigenvalue weighted by atomic mass is 16.5. The Balaban J connectivity index is 1.89. The first-order valence-electron chi connectivity index (χ1n) is 7.30. The van der Waals surface area contributed by atoms with Crippen LogP contribution in [0.4, 0.5) is 5.69 Å². The van der Waals surface area contributed by atoms with Crippen LogP contribution in [0.25, 0.3) is 0 Å². The molecule has 1 heterocycles. The molecule has 2 nitrogen and oxygen atoms in total. The smallest absolute Gasteiger partial charge is 0.144 e. The van der Waals surface area contributed by atoms with Gasteiger partial charge in [-0.1, -0.05) is 37.3 Å². The molecule has 0 fully saturated rings. The largest absolute Gasteiger partial charge is 0.481 e. The van der Waals surface area contributed by atoms with Crippen LogP contribution in [0.15, 0.2) is 42.5 Å². The van der Waals surface area contributed by atoms with E-state index in [1.807, 2.05) is 0 Å². The summed E-state index contributed by atoms with van der Waals surface area (Å²) in [7, 11) is 0. The molecule has 0 bridgehead atoms. The third-order valence-electron chi connectivity index (χ3n) is 3.94. The molecule has 0 aliphatic carbocycles. The summed E-state index contributed by atoms with van der Waals surface area (Å²) in [6.45, 7) is 6.45. The van der Waals surface area contributed by atoms with Crippen LogP contribution >= 0.6 is 0 Å². The fourth-order valence-electron chi connectivity index (χ4n) is 2.72. The first kappa shape index (κ1) is 13.0. The molecule has 3 rings (SSSR count). The van der Waals surface area contributed by atoms with Crippen molar-refractivity contribution in [1.29, 1.82) is 0 Å². The van der Waals surface area contributed by atoms with E-state index in [4.69, 9.17) is 4.74 Å². The van der Waals surface area contributed by atoms with Gasteiger partial charge in [-0.25, -0.2) is 0 Å². The van der Waals surface area contributed by atoms with E-state index in [1.165, 1.54) is 16.7 Å². The van der Waals surface area contributed by atoms with Crippen LogP contribution < -0.4 is 10.1 Å². The molecular weight excluding hydrogens is 246 g/mol. The van der Waals surface area contributed by atoms with Crippen molar-refractivity contribution in [1.82, 2.24) is 0 Å². The quantitative estimate of drug-likeness (QED) is 0.865. The van der Waals surface area contributed by atoms with Crippen LogP contribution in [-0.2, 0) is 6.42 Å². The van der Waals surface area contributed by atoms with E-state index in [-0.39, 0.29) is 12.1 Å². The highest BCUT2D eigenvalue weighted by molar-refractivity contribution is 5.60. The van der Waals surface area contributed by atoms with E-state index < -0.39 is 0 Å². The molecule has 2 aromatic rings. The van der Waals surface area contributed by atoms with Crippen molar-refractivity contribution in [2.45, 2.75) is 39.3 Å². The average Bonchev–Trinajstić information content (AvgIpc) is 2.46. The molecule has 0 saturated heterocycles. The van der Waals surface area contributed by atoms with Crippen LogP contribution in [0, 0.1) is 6.92 Å². The number of aryl methyl sites for hydroxylation is 2. The lowest BCUT2D eigenvalue weighted by Crippen LogP contribution is -2.32. The maximum atomic E-state index is 6.20. The Labute approximate surface area is 120 Å². The minimum Gasteiger partial charge on any atom is -0.481 e. The van der Waals surface area contributed by atoms with Crippen molar-refractivity contribution >= 4 is 5.69 Å². The summed E-state index contributed by atoms with van der Waals surface area (Å²) in [5.41, 5.74) is 4.94. The fourth-order valence-corrected chi connectivity index (χ4v) is 2.72. The zero-order valence-corrected chi connectivity index (χ0v) is 12.3. The molecule has 2 unspecified atom stereocenters. The molecule has 2 heteroatoms. The van der Waals surface area contributed by atoms with Crippen molar-refractivity contribution in [2.24, 2.45) is 0 Å². The molecule has 2 aromatic carbocycles. The highest BCUT2D eigenvalue weighted by Gasteiger charge is 2.27. The van der Waals surface area contributed by atoms with Gasteiger partial charge < -0.3 is 10.1 Å². The Morgan fingerprint density at radius 3 is 2.55 bits per heavy atom. The Morgan fingerprint density at radius 2 is 1.85 bits per heavy atom. The predicted octanol–water partition coefficient (Wildman–Crippen LogP) is 4.49. The van der Waals surface area contributed by atoms with Gasteiger partial charge in [-0.3, -0.25) is 0 Å². The molecule has 1 N–H and O–H groups in total. The maximum absolute atomic E-state index is 6.20. The summed E-state index contributed by atoms with van der Waals surface area (Å²) in [5.74, 6) is 0.943. The van der Waals surface area contributed by atoms with Crippen LogP contribution in [0.1, 0.15) is 36.6 Å². The SMILES string of the molecule is CCc1ccc(C2Oc3ccc(C)cc3NC2C)cc1. The van der Waals surface area contributed by atoms with Crippen LogP contribution in [0.5, 0.6) is 5.75 Å². The van der Waals surface area contributed by atoms with E-state index in [1.54, 1.807) is 0 Å². The second kappa shape index (κ2) is 5.20. The van der Waals surface area contributed by atoms with Crippen molar-refractivity contribution in [3.05, 3.63) is 59.2 Å². The number of ether oxygens (including phenoxy) is 1. The zero-order chi connectivity index (χ0) is 14.1. The molecule has 0 amide bonds. The normalized spacial score (nSPS) is 20.8. The molecule has 0 aromatic heterocycles. The Bertz CT molecular complexity index is 603. The topological polar surface area (TPSA) is 21.3 Å². The number of hydrogen-bond acceptors (Lipinski definition) is 2. The summed E-state index contributed by atoms with van der Waals surface area (Å²) in [4.78, 5) is 0. The Hall–Kier alpha value is -1.96. The van der Waals surface area contributed by atoms with Gasteiger partial charge in [0, 0.05) is 0 Å². The number of anilines is 1. The van der Waals surface area contributed by atoms with E-state index in [0.29, 0.717) is 0 Å². The van der Waals surface area contributed by atoms with Crippen molar-refractivity contribution in [3.8, 4) is 5.75 Å². The standard InChI is InChI=1S/C18H21NO/c1-4-14-6-8-15(9-7-14)18-13(3)19-16-11-12(2)5-10-17(16)20-18/h5-11,13,18-19H,4H2,1-3H3. The lowest BCUT2D eigenvalue weighted by Gasteiger charge is -2.33. The molecule has 104 valence electrons. The summed E-state index contributed by atoms with van der Waals surface area (Å²) in [6, 6.07) is 15.3. The molecule has 20 heavy (non-hydrogen) atoms. The van der Waals surface area contributed by atoms with Crippen LogP contribution in [0.2, 0.25) is 0 Å². The van der Waals surface area contributed by atoms with Gasteiger partial charge in [-0.15, -0.1) is 0 Å². The summed E-state index contributed by atoms with van der Waals surface area (Å²) in [5, 5.41) is 3.55. The highest BCUT2D eigenvalue weighted by Crippen LogP contribution is 2.37. The molecule has 0 spiro atoms. The van der Waals surface area contributed by atoms with Gasteiger partial charge in [0.25, 0.3) is 0 Å². The predicted molar refractivity (Wildman–Crippen MR) is 83.5 cm³/mol. The molecule has 0 radical (unpaired) electrons. The zero-order valence-electron chi connectivity index (χ0n) is 12.3. The lowest BCUT2D eigenvalue weighted by atomic mass is 9.99. The van der Waals surface area contributed by atoms with Gasteiger partial charge in [0.05, 0.1) is 11.7 Å². The van der Waals surface area contributed by atoms with Crippen molar-refractivity contribution in [3.63, 3.8) is 0 Å². The van der Waals surface area contributed by atoms with Crippen molar-refractivity contribution in [2.75, 3.05) is 5.32 Å². The van der Waals surface area contributed by atoms with Crippen LogP contribution in [0.3, 0.4) is 0 Å². The number of fused-ring (bicyclic) bond motifs is 1. The van der Waals surface area contributed by atoms with Gasteiger partial charge >= 0.3 is 0 Å². The second-order valence-corrected chi connectivity index (χ2v) is 5.57. The van der Waals surface area contributed by atoms with E-state index in [0.717, 1.165) is 17.9 Å². The first-order valence-corrected chi connectivity index (χ1v) is 7.30. The number of rotatable bonds is 2. The summed E-state index contributed by atoms with van der Waals surface area (Å²) in [6.07, 6.45) is 1.14. The summed E-state index contributed by atoms with van der Waals surface area (Å²) >= 11 is 0. The molecule has 1 aliphatic rings. The first-order chi connectivity index (χ1) is 9.67. The number of benzene rings is 2. The summed E-state index contributed by atoms with van der Waals surface area (Å²) < 4.78 is 6.20. The van der Waals surface area contributed by atoms with Crippen LogP contribution in [-0.4, -0.2) is 6.04 Å². The van der Waals surface area contributed by atoms with Gasteiger partial charge in [-0.2, -0.15) is 0 Å². The van der Waals surface area contributed by atoms with Gasteiger partial charge in [0.2, 0.25) is 0 Å². The minimum absolute atomic E-state index is 0.0658. The molecule has 0 saturated carbocycles. The Kier molecular flexibility index (Phi) is 3.39. The minimum atomic E-state index is 0.0658. The van der Waals surface area contributed by atoms with E-state index >= 15 is 0 Å². The maximum Gasteiger partial charge on any atom is 0.144 e. The van der Waals surface area contributed by atoms with E-state index in [2.05, 4.69) is 68.6 Å². The monoisotopic (exact) mass is 267 g/mol. The number of hydrogen-bond donors (Lipinski definition) is 1. The lowest BCUT2D eigenvalue weighted by molar-refractivity contribution is 0.177. The van der Waals surface area contributed by atoms with E-state index in [9.17, 15) is 0 Å². The fraction of sp³-hybridized carbons (Fsp3) is 0.333. The average molecular weight is 267 g/mol. The Morgan fingerprint density at radius 1 is 1.10 bits per heavy atom. The molecular formula is C18H21NO. The third kappa shape index (κ3) is 2.38. The van der Waals surface area contributed by atoms with Crippen molar-refractivity contribution < 1.29 is 4.74 Å². The molecule has 2 atom stereocenters. The third-order valence-corrected chi connectivity index (χ3v) is 3.94. The second-order valence-electron chi connectivity index (χ2n) is 5.57. The number of nitrogens with one attached hydrogen (secondary N) is 1. The van der Waals surface area contributed by atoms with Gasteiger partial charge in [0.1, 0.15) is 11.9 Å². The van der Waals surface area contributed by atoms with Gasteiger partial charge in [-0.05, 0) is 49.1 Å². The molecule has 1 aliphatic heterocycles. The van der Waals surface area contributed by atoms with Gasteiger partial charge in [0.15, 0.2) is 0 Å².